The summed E-state index contributed by atoms with van der Waals surface area (Å²) >= 11 is 0. The van der Waals surface area contributed by atoms with E-state index < -0.39 is 0 Å². The first-order valence-electron chi connectivity index (χ1n) is 5.64. The molecule has 0 saturated carbocycles. The highest BCUT2D eigenvalue weighted by molar-refractivity contribution is 4.81. The Morgan fingerprint density at radius 3 is 2.88 bits per heavy atom. The summed E-state index contributed by atoms with van der Waals surface area (Å²) in [4.78, 5) is 6.51. The van der Waals surface area contributed by atoms with Crippen LogP contribution in [0.5, 0.6) is 0 Å². The molecular formula is C10H18N4O2. The summed E-state index contributed by atoms with van der Waals surface area (Å²) in [5.41, 5.74) is 0. The van der Waals surface area contributed by atoms with E-state index in [1.165, 1.54) is 0 Å². The van der Waals surface area contributed by atoms with Crippen molar-refractivity contribution in [3.8, 4) is 0 Å². The second-order valence-corrected chi connectivity index (χ2v) is 3.87. The number of aromatic nitrogens is 2. The van der Waals surface area contributed by atoms with Crippen LogP contribution >= 0.6 is 0 Å². The Balaban J connectivity index is 1.57. The monoisotopic (exact) mass is 226 g/mol. The minimum Gasteiger partial charge on any atom is -0.379 e. The largest absolute Gasteiger partial charge is 0.379 e. The van der Waals surface area contributed by atoms with Gasteiger partial charge in [0.05, 0.1) is 19.8 Å². The molecule has 1 aliphatic rings. The van der Waals surface area contributed by atoms with Gasteiger partial charge in [0.15, 0.2) is 5.82 Å². The molecule has 1 aromatic rings. The van der Waals surface area contributed by atoms with Gasteiger partial charge in [-0.25, -0.2) is 0 Å². The van der Waals surface area contributed by atoms with Crippen LogP contribution in [0.1, 0.15) is 11.7 Å². The first-order chi connectivity index (χ1) is 7.84. The van der Waals surface area contributed by atoms with E-state index in [9.17, 15) is 0 Å². The normalized spacial score (nSPS) is 17.8. The molecule has 1 aromatic heterocycles. The molecule has 2 heterocycles. The maximum Gasteiger partial charge on any atom is 0.240 e. The highest BCUT2D eigenvalue weighted by Gasteiger charge is 2.09. The number of nitrogens with zero attached hydrogens (tertiary/aromatic N) is 3. The predicted octanol–water partition coefficient (Wildman–Crippen LogP) is -0.200. The van der Waals surface area contributed by atoms with Crippen LogP contribution in [0.2, 0.25) is 0 Å². The number of hydrogen-bond donors (Lipinski definition) is 1. The van der Waals surface area contributed by atoms with Gasteiger partial charge < -0.3 is 14.6 Å². The Bertz CT molecular complexity index is 310. The van der Waals surface area contributed by atoms with E-state index in [4.69, 9.17) is 9.26 Å². The van der Waals surface area contributed by atoms with Crippen molar-refractivity contribution in [3.05, 3.63) is 11.7 Å². The minimum atomic E-state index is 0.644. The van der Waals surface area contributed by atoms with Crippen molar-refractivity contribution in [2.75, 3.05) is 39.4 Å². The molecule has 0 aliphatic carbocycles. The van der Waals surface area contributed by atoms with E-state index in [-0.39, 0.29) is 0 Å². The molecule has 0 spiro atoms. The second-order valence-electron chi connectivity index (χ2n) is 3.87. The van der Waals surface area contributed by atoms with Crippen LogP contribution in [0.3, 0.4) is 0 Å². The van der Waals surface area contributed by atoms with E-state index in [1.807, 2.05) is 6.92 Å². The lowest BCUT2D eigenvalue weighted by molar-refractivity contribution is 0.0383. The summed E-state index contributed by atoms with van der Waals surface area (Å²) in [5.74, 6) is 1.34. The molecule has 1 fully saturated rings. The SMILES string of the molecule is Cc1noc(CNCCN2CCOCC2)n1. The summed E-state index contributed by atoms with van der Waals surface area (Å²) in [6.45, 7) is 8.19. The number of rotatable bonds is 5. The lowest BCUT2D eigenvalue weighted by atomic mass is 10.4. The third-order valence-electron chi connectivity index (χ3n) is 2.55. The molecule has 1 N–H and O–H groups in total. The average molecular weight is 226 g/mol. The van der Waals surface area contributed by atoms with Crippen molar-refractivity contribution in [3.63, 3.8) is 0 Å². The van der Waals surface area contributed by atoms with Crippen LogP contribution in [0, 0.1) is 6.92 Å². The molecule has 2 rings (SSSR count). The molecule has 90 valence electrons. The van der Waals surface area contributed by atoms with Crippen LogP contribution in [-0.2, 0) is 11.3 Å². The number of ether oxygens (including phenoxy) is 1. The first-order valence-corrected chi connectivity index (χ1v) is 5.64. The van der Waals surface area contributed by atoms with Crippen LogP contribution in [0.25, 0.3) is 0 Å². The summed E-state index contributed by atoms with van der Waals surface area (Å²) in [6, 6.07) is 0. The molecule has 1 saturated heterocycles. The lowest BCUT2D eigenvalue weighted by Gasteiger charge is -2.26. The highest BCUT2D eigenvalue weighted by atomic mass is 16.5. The Morgan fingerprint density at radius 1 is 1.38 bits per heavy atom. The van der Waals surface area contributed by atoms with Crippen LogP contribution in [0.4, 0.5) is 0 Å². The maximum atomic E-state index is 5.28. The number of nitrogens with one attached hydrogen (secondary N) is 1. The van der Waals surface area contributed by atoms with Crippen LogP contribution in [-0.4, -0.2) is 54.4 Å². The van der Waals surface area contributed by atoms with Gasteiger partial charge >= 0.3 is 0 Å². The number of hydrogen-bond acceptors (Lipinski definition) is 6. The Kier molecular flexibility index (Phi) is 4.26. The van der Waals surface area contributed by atoms with Crippen molar-refractivity contribution in [2.45, 2.75) is 13.5 Å². The van der Waals surface area contributed by atoms with Crippen molar-refractivity contribution >= 4 is 0 Å². The summed E-state index contributed by atoms with van der Waals surface area (Å²) in [7, 11) is 0. The number of aryl methyl sites for hydroxylation is 1. The summed E-state index contributed by atoms with van der Waals surface area (Å²) in [5, 5.41) is 7.02. The third kappa shape index (κ3) is 3.55. The van der Waals surface area contributed by atoms with E-state index in [2.05, 4.69) is 20.4 Å². The third-order valence-corrected chi connectivity index (χ3v) is 2.55. The van der Waals surface area contributed by atoms with Gasteiger partial charge in [-0.2, -0.15) is 4.98 Å². The fourth-order valence-electron chi connectivity index (χ4n) is 1.67. The second kappa shape index (κ2) is 5.93. The fraction of sp³-hybridized carbons (Fsp3) is 0.800. The molecular weight excluding hydrogens is 208 g/mol. The van der Waals surface area contributed by atoms with Gasteiger partial charge in [-0.3, -0.25) is 4.90 Å². The Morgan fingerprint density at radius 2 is 2.19 bits per heavy atom. The van der Waals surface area contributed by atoms with Crippen molar-refractivity contribution in [1.82, 2.24) is 20.4 Å². The van der Waals surface area contributed by atoms with Crippen LogP contribution in [0.15, 0.2) is 4.52 Å². The van der Waals surface area contributed by atoms with Crippen molar-refractivity contribution < 1.29 is 9.26 Å². The Hall–Kier alpha value is -0.980. The average Bonchev–Trinajstić information content (AvgIpc) is 2.72. The molecule has 1 aliphatic heterocycles. The minimum absolute atomic E-state index is 0.644. The molecule has 0 bridgehead atoms. The van der Waals surface area contributed by atoms with E-state index in [0.717, 1.165) is 39.4 Å². The molecule has 6 nitrogen and oxygen atoms in total. The maximum absolute atomic E-state index is 5.28. The smallest absolute Gasteiger partial charge is 0.240 e. The molecule has 0 radical (unpaired) electrons. The van der Waals surface area contributed by atoms with Crippen LogP contribution < -0.4 is 5.32 Å². The topological polar surface area (TPSA) is 63.4 Å². The van der Waals surface area contributed by atoms with E-state index >= 15 is 0 Å². The zero-order chi connectivity index (χ0) is 11.2. The van der Waals surface area contributed by atoms with Gasteiger partial charge in [0.1, 0.15) is 0 Å². The van der Waals surface area contributed by atoms with Gasteiger partial charge in [0.25, 0.3) is 0 Å². The molecule has 0 unspecified atom stereocenters. The Labute approximate surface area is 95.0 Å². The molecule has 0 aromatic carbocycles. The lowest BCUT2D eigenvalue weighted by Crippen LogP contribution is -2.40. The quantitative estimate of drug-likeness (QED) is 0.702. The van der Waals surface area contributed by atoms with E-state index in [1.54, 1.807) is 0 Å². The summed E-state index contributed by atoms with van der Waals surface area (Å²) < 4.78 is 10.3. The summed E-state index contributed by atoms with van der Waals surface area (Å²) in [6.07, 6.45) is 0. The highest BCUT2D eigenvalue weighted by Crippen LogP contribution is 1.96. The fourth-order valence-corrected chi connectivity index (χ4v) is 1.67. The zero-order valence-electron chi connectivity index (χ0n) is 9.61. The number of morpholine rings is 1. The zero-order valence-corrected chi connectivity index (χ0v) is 9.61. The molecule has 0 atom stereocenters. The molecule has 16 heavy (non-hydrogen) atoms. The first kappa shape index (κ1) is 11.5. The van der Waals surface area contributed by atoms with Crippen molar-refractivity contribution in [2.24, 2.45) is 0 Å². The predicted molar refractivity (Wildman–Crippen MR) is 58.0 cm³/mol. The molecule has 0 amide bonds. The van der Waals surface area contributed by atoms with Gasteiger partial charge in [-0.05, 0) is 6.92 Å². The standard InChI is InChI=1S/C10H18N4O2/c1-9-12-10(16-13-9)8-11-2-3-14-4-6-15-7-5-14/h11H,2-8H2,1H3. The van der Waals surface area contributed by atoms with Gasteiger partial charge in [-0.1, -0.05) is 5.16 Å². The van der Waals surface area contributed by atoms with Crippen molar-refractivity contribution in [1.29, 1.82) is 0 Å². The molecule has 6 heteroatoms. The van der Waals surface area contributed by atoms with Gasteiger partial charge in [0.2, 0.25) is 5.89 Å². The van der Waals surface area contributed by atoms with Gasteiger partial charge in [-0.15, -0.1) is 0 Å². The van der Waals surface area contributed by atoms with E-state index in [0.29, 0.717) is 18.3 Å². The van der Waals surface area contributed by atoms with Gasteiger partial charge in [0, 0.05) is 26.2 Å².